The zero-order valence-electron chi connectivity index (χ0n) is 13.4. The van der Waals surface area contributed by atoms with Crippen molar-refractivity contribution in [2.75, 3.05) is 19.0 Å². The van der Waals surface area contributed by atoms with Crippen molar-refractivity contribution in [2.45, 2.75) is 13.2 Å². The van der Waals surface area contributed by atoms with Gasteiger partial charge in [0.25, 0.3) is 0 Å². The maximum Gasteiger partial charge on any atom is 0.224 e. The van der Waals surface area contributed by atoms with E-state index in [1.54, 1.807) is 7.11 Å². The minimum absolute atomic E-state index is 0.252. The molecule has 0 atom stereocenters. The van der Waals surface area contributed by atoms with E-state index in [-0.39, 0.29) is 5.62 Å². The standard InChI is InChI=1S/C18H18N4O2/c1-23-15-9-13-14(21-18(19)22-8-7-20-17(13)22)10-16(15)24-11-12-5-3-2-4-6-12/h2-6,9-10,19-20H,7-8,11H2,1H3. The maximum atomic E-state index is 8.08. The fourth-order valence-corrected chi connectivity index (χ4v) is 2.96. The van der Waals surface area contributed by atoms with Crippen molar-refractivity contribution in [3.8, 4) is 11.5 Å². The Labute approximate surface area is 139 Å². The van der Waals surface area contributed by atoms with Gasteiger partial charge in [-0.1, -0.05) is 30.3 Å². The molecule has 122 valence electrons. The van der Waals surface area contributed by atoms with Crippen LogP contribution >= 0.6 is 0 Å². The Bertz CT molecular complexity index is 951. The lowest BCUT2D eigenvalue weighted by Crippen LogP contribution is -2.21. The molecule has 1 aliphatic heterocycles. The number of anilines is 1. The molecule has 0 aliphatic carbocycles. The van der Waals surface area contributed by atoms with Crippen LogP contribution in [0.15, 0.2) is 42.5 Å². The Morgan fingerprint density at radius 1 is 1.21 bits per heavy atom. The zero-order valence-corrected chi connectivity index (χ0v) is 13.4. The molecule has 2 heterocycles. The molecule has 24 heavy (non-hydrogen) atoms. The Morgan fingerprint density at radius 2 is 2.04 bits per heavy atom. The summed E-state index contributed by atoms with van der Waals surface area (Å²) < 4.78 is 13.3. The van der Waals surface area contributed by atoms with Crippen LogP contribution in [0.3, 0.4) is 0 Å². The fraction of sp³-hybridized carbons (Fsp3) is 0.222. The van der Waals surface area contributed by atoms with Gasteiger partial charge < -0.3 is 14.8 Å². The highest BCUT2D eigenvalue weighted by molar-refractivity contribution is 5.92. The average Bonchev–Trinajstić information content (AvgIpc) is 3.11. The first kappa shape index (κ1) is 14.6. The lowest BCUT2D eigenvalue weighted by Gasteiger charge is -2.14. The molecule has 0 saturated carbocycles. The monoisotopic (exact) mass is 322 g/mol. The molecular weight excluding hydrogens is 304 g/mol. The van der Waals surface area contributed by atoms with Crippen molar-refractivity contribution in [3.05, 3.63) is 53.6 Å². The van der Waals surface area contributed by atoms with Crippen LogP contribution in [-0.4, -0.2) is 23.2 Å². The van der Waals surface area contributed by atoms with Crippen molar-refractivity contribution in [1.29, 1.82) is 5.41 Å². The minimum Gasteiger partial charge on any atom is -0.493 e. The molecule has 1 aliphatic rings. The number of benzene rings is 2. The van der Waals surface area contributed by atoms with Gasteiger partial charge in [-0.2, -0.15) is 0 Å². The third-order valence-electron chi connectivity index (χ3n) is 4.15. The van der Waals surface area contributed by atoms with E-state index >= 15 is 0 Å². The van der Waals surface area contributed by atoms with Crippen molar-refractivity contribution < 1.29 is 9.47 Å². The lowest BCUT2D eigenvalue weighted by atomic mass is 10.2. The molecule has 0 bridgehead atoms. The first-order chi connectivity index (χ1) is 11.8. The Kier molecular flexibility index (Phi) is 3.57. The summed E-state index contributed by atoms with van der Waals surface area (Å²) in [7, 11) is 1.63. The zero-order chi connectivity index (χ0) is 16.5. The second-order valence-electron chi connectivity index (χ2n) is 5.66. The second-order valence-corrected chi connectivity index (χ2v) is 5.66. The normalized spacial score (nSPS) is 12.7. The average molecular weight is 322 g/mol. The van der Waals surface area contributed by atoms with Crippen LogP contribution in [0.25, 0.3) is 10.9 Å². The summed E-state index contributed by atoms with van der Waals surface area (Å²) in [5, 5.41) is 12.3. The smallest absolute Gasteiger partial charge is 0.224 e. The van der Waals surface area contributed by atoms with E-state index in [1.165, 1.54) is 0 Å². The molecule has 6 nitrogen and oxygen atoms in total. The predicted octanol–water partition coefficient (Wildman–Crippen LogP) is 2.53. The van der Waals surface area contributed by atoms with Crippen molar-refractivity contribution >= 4 is 16.7 Å². The van der Waals surface area contributed by atoms with Gasteiger partial charge in [0.1, 0.15) is 12.4 Å². The number of ether oxygens (including phenoxy) is 2. The largest absolute Gasteiger partial charge is 0.493 e. The van der Waals surface area contributed by atoms with E-state index in [2.05, 4.69) is 10.3 Å². The molecular formula is C18H18N4O2. The van der Waals surface area contributed by atoms with E-state index < -0.39 is 0 Å². The van der Waals surface area contributed by atoms with Gasteiger partial charge in [0.05, 0.1) is 12.6 Å². The lowest BCUT2D eigenvalue weighted by molar-refractivity contribution is 0.285. The summed E-state index contributed by atoms with van der Waals surface area (Å²) in [6, 6.07) is 13.7. The van der Waals surface area contributed by atoms with Gasteiger partial charge in [-0.05, 0) is 11.6 Å². The second kappa shape index (κ2) is 5.88. The van der Waals surface area contributed by atoms with Gasteiger partial charge in [-0.25, -0.2) is 4.98 Å². The quantitative estimate of drug-likeness (QED) is 0.774. The topological polar surface area (TPSA) is 72.2 Å². The first-order valence-electron chi connectivity index (χ1n) is 7.84. The number of aromatic nitrogens is 2. The van der Waals surface area contributed by atoms with Crippen molar-refractivity contribution in [1.82, 2.24) is 9.55 Å². The predicted molar refractivity (Wildman–Crippen MR) is 91.4 cm³/mol. The summed E-state index contributed by atoms with van der Waals surface area (Å²) in [4.78, 5) is 4.39. The SMILES string of the molecule is COc1cc2c3n(c(=N)nc2cc1OCc1ccccc1)CCN3. The van der Waals surface area contributed by atoms with E-state index in [9.17, 15) is 0 Å². The number of fused-ring (bicyclic) bond motifs is 3. The third kappa shape index (κ3) is 2.46. The van der Waals surface area contributed by atoms with Gasteiger partial charge >= 0.3 is 0 Å². The number of hydrogen-bond donors (Lipinski definition) is 2. The van der Waals surface area contributed by atoms with Gasteiger partial charge in [-0.15, -0.1) is 0 Å². The highest BCUT2D eigenvalue weighted by Crippen LogP contribution is 2.35. The molecule has 0 amide bonds. The van der Waals surface area contributed by atoms with Crippen LogP contribution in [0.2, 0.25) is 0 Å². The summed E-state index contributed by atoms with van der Waals surface area (Å²) in [6.45, 7) is 2.02. The van der Waals surface area contributed by atoms with Crippen LogP contribution in [0.1, 0.15) is 5.56 Å². The molecule has 0 radical (unpaired) electrons. The summed E-state index contributed by atoms with van der Waals surface area (Å²) in [5.41, 5.74) is 2.06. The van der Waals surface area contributed by atoms with Crippen molar-refractivity contribution in [2.24, 2.45) is 0 Å². The van der Waals surface area contributed by atoms with Gasteiger partial charge in [0.15, 0.2) is 11.5 Å². The van der Waals surface area contributed by atoms with Crippen LogP contribution in [0.4, 0.5) is 5.82 Å². The molecule has 3 aromatic rings. The highest BCUT2D eigenvalue weighted by Gasteiger charge is 2.17. The van der Waals surface area contributed by atoms with Gasteiger partial charge in [0.2, 0.25) is 5.62 Å². The molecule has 1 aromatic heterocycles. The summed E-state index contributed by atoms with van der Waals surface area (Å²) >= 11 is 0. The van der Waals surface area contributed by atoms with Crippen molar-refractivity contribution in [3.63, 3.8) is 0 Å². The molecule has 4 rings (SSSR count). The number of methoxy groups -OCH3 is 1. The molecule has 6 heteroatoms. The molecule has 0 spiro atoms. The number of nitrogens with one attached hydrogen (secondary N) is 2. The summed E-state index contributed by atoms with van der Waals surface area (Å²) in [6.07, 6.45) is 0. The number of rotatable bonds is 4. The number of nitrogens with zero attached hydrogens (tertiary/aromatic N) is 2. The van der Waals surface area contributed by atoms with E-state index in [0.29, 0.717) is 18.1 Å². The van der Waals surface area contributed by atoms with E-state index in [4.69, 9.17) is 14.9 Å². The molecule has 0 saturated heterocycles. The molecule has 2 N–H and O–H groups in total. The molecule has 0 fully saturated rings. The van der Waals surface area contributed by atoms with E-state index in [1.807, 2.05) is 47.0 Å². The molecule has 0 unspecified atom stereocenters. The Morgan fingerprint density at radius 3 is 2.83 bits per heavy atom. The Hall–Kier alpha value is -3.02. The van der Waals surface area contributed by atoms with Crippen LogP contribution in [-0.2, 0) is 13.2 Å². The Balaban J connectivity index is 1.76. The third-order valence-corrected chi connectivity index (χ3v) is 4.15. The minimum atomic E-state index is 0.252. The molecule has 2 aromatic carbocycles. The number of hydrogen-bond acceptors (Lipinski definition) is 5. The van der Waals surface area contributed by atoms with E-state index in [0.717, 1.165) is 35.4 Å². The van der Waals surface area contributed by atoms with Crippen LogP contribution < -0.4 is 20.4 Å². The summed E-state index contributed by atoms with van der Waals surface area (Å²) in [5.74, 6) is 2.20. The maximum absolute atomic E-state index is 8.08. The van der Waals surface area contributed by atoms with Crippen LogP contribution in [0.5, 0.6) is 11.5 Å². The highest BCUT2D eigenvalue weighted by atomic mass is 16.5. The first-order valence-corrected chi connectivity index (χ1v) is 7.84. The van der Waals surface area contributed by atoms with Crippen LogP contribution in [0, 0.1) is 5.41 Å². The van der Waals surface area contributed by atoms with Gasteiger partial charge in [0, 0.05) is 24.5 Å². The van der Waals surface area contributed by atoms with Gasteiger partial charge in [-0.3, -0.25) is 9.98 Å². The fourth-order valence-electron chi connectivity index (χ4n) is 2.96.